The van der Waals surface area contributed by atoms with Crippen molar-refractivity contribution in [3.63, 3.8) is 0 Å². The highest BCUT2D eigenvalue weighted by molar-refractivity contribution is 6.06. The van der Waals surface area contributed by atoms with Gasteiger partial charge < -0.3 is 24.6 Å². The van der Waals surface area contributed by atoms with Gasteiger partial charge in [0.25, 0.3) is 17.4 Å². The molecule has 3 aromatic heterocycles. The molecule has 13 nitrogen and oxygen atoms in total. The smallest absolute Gasteiger partial charge is 0.290 e. The number of anilines is 2. The van der Waals surface area contributed by atoms with E-state index in [0.29, 0.717) is 79.0 Å². The predicted octanol–water partition coefficient (Wildman–Crippen LogP) is 2.90. The Hall–Kier alpha value is -4.62. The zero-order valence-electron chi connectivity index (χ0n) is 28.1. The molecule has 0 bridgehead atoms. The van der Waals surface area contributed by atoms with Gasteiger partial charge in [0.15, 0.2) is 0 Å². The van der Waals surface area contributed by atoms with Crippen LogP contribution in [0, 0.1) is 11.3 Å². The Morgan fingerprint density at radius 3 is 2.71 bits per heavy atom. The van der Waals surface area contributed by atoms with E-state index in [1.54, 1.807) is 36.5 Å². The lowest BCUT2D eigenvalue weighted by Gasteiger charge is -2.34. The molecule has 1 saturated heterocycles. The minimum Gasteiger partial charge on any atom is -0.392 e. The second-order valence-electron chi connectivity index (χ2n) is 14.1. The van der Waals surface area contributed by atoms with Crippen molar-refractivity contribution in [2.24, 2.45) is 23.4 Å². The maximum absolute atomic E-state index is 13.8. The van der Waals surface area contributed by atoms with Gasteiger partial charge in [-0.25, -0.2) is 14.7 Å². The van der Waals surface area contributed by atoms with Crippen molar-refractivity contribution in [3.8, 4) is 11.3 Å². The van der Waals surface area contributed by atoms with Crippen LogP contribution in [0.2, 0.25) is 0 Å². The fourth-order valence-corrected chi connectivity index (χ4v) is 7.46. The second kappa shape index (κ2) is 12.1. The minimum atomic E-state index is -0.381. The Labute approximate surface area is 278 Å². The largest absolute Gasteiger partial charge is 0.392 e. The Morgan fingerprint density at radius 1 is 1.15 bits per heavy atom. The van der Waals surface area contributed by atoms with Gasteiger partial charge in [0, 0.05) is 67.4 Å². The molecule has 48 heavy (non-hydrogen) atoms. The molecule has 2 N–H and O–H groups in total. The normalized spacial score (nSPS) is 21.8. The molecule has 7 rings (SSSR count). The third-order valence-electron chi connectivity index (χ3n) is 9.93. The highest BCUT2D eigenvalue weighted by Crippen LogP contribution is 2.40. The van der Waals surface area contributed by atoms with Crippen LogP contribution in [-0.2, 0) is 42.6 Å². The van der Waals surface area contributed by atoms with Crippen LogP contribution in [0.5, 0.6) is 0 Å². The Kier molecular flexibility index (Phi) is 8.07. The number of ether oxygens (including phenoxy) is 1. The van der Waals surface area contributed by atoms with Gasteiger partial charge >= 0.3 is 0 Å². The first-order valence-electron chi connectivity index (χ1n) is 16.6. The number of fused-ring (bicyclic) bond motifs is 3. The number of hydrogen-bond acceptors (Lipinski definition) is 9. The summed E-state index contributed by atoms with van der Waals surface area (Å²) in [5.41, 5.74) is 5.25. The molecule has 2 amide bonds. The van der Waals surface area contributed by atoms with Crippen molar-refractivity contribution in [2.45, 2.75) is 66.2 Å². The molecule has 0 aromatic carbocycles. The highest BCUT2D eigenvalue weighted by Gasteiger charge is 2.38. The average Bonchev–Trinajstić information content (AvgIpc) is 3.55. The SMILES string of the molecule is CC1CC(C(=O)N2CCOC[C@@H]2C)=CN=C1Nc1cc(-c2ccnc(N3CCn4c(cc5c4CC(C)(C)C5)C3=O)c2CO)nn(C)c1=O. The number of nitrogens with zero attached hydrogens (tertiary/aromatic N) is 7. The van der Waals surface area contributed by atoms with E-state index < -0.39 is 0 Å². The quantitative estimate of drug-likeness (QED) is 0.427. The van der Waals surface area contributed by atoms with Gasteiger partial charge in [-0.2, -0.15) is 5.10 Å². The average molecular weight is 655 g/mol. The number of amidine groups is 1. The monoisotopic (exact) mass is 654 g/mol. The number of carbonyl (C=O) groups is 2. The maximum Gasteiger partial charge on any atom is 0.290 e. The van der Waals surface area contributed by atoms with E-state index in [4.69, 9.17) is 4.74 Å². The van der Waals surface area contributed by atoms with Crippen LogP contribution in [0.4, 0.5) is 11.5 Å². The lowest BCUT2D eigenvalue weighted by molar-refractivity contribution is -0.135. The van der Waals surface area contributed by atoms with Crippen LogP contribution in [0.1, 0.15) is 61.4 Å². The molecule has 1 fully saturated rings. The molecule has 6 heterocycles. The van der Waals surface area contributed by atoms with Crippen LogP contribution in [0.15, 0.2) is 46.0 Å². The number of amides is 2. The number of nitrogens with one attached hydrogen (secondary N) is 1. The van der Waals surface area contributed by atoms with E-state index in [1.165, 1.54) is 15.9 Å². The number of pyridine rings is 1. The molecule has 252 valence electrons. The third-order valence-corrected chi connectivity index (χ3v) is 9.93. The summed E-state index contributed by atoms with van der Waals surface area (Å²) in [6, 6.07) is 5.37. The van der Waals surface area contributed by atoms with E-state index in [2.05, 4.69) is 38.8 Å². The molecular weight excluding hydrogens is 612 g/mol. The van der Waals surface area contributed by atoms with Crippen molar-refractivity contribution < 1.29 is 19.4 Å². The molecule has 0 radical (unpaired) electrons. The molecule has 3 aromatic rings. The van der Waals surface area contributed by atoms with Gasteiger partial charge in [0.2, 0.25) is 0 Å². The van der Waals surface area contributed by atoms with E-state index in [9.17, 15) is 19.5 Å². The standard InChI is InChI=1S/C35H42N8O5/c1-20-12-23(32(45)41-10-11-48-19-21(41)2)17-37-30(20)38-27-14-26(39-40(5)33(27)46)24-6-7-36-31(25(24)18-44)43-9-8-42-28(34(43)47)13-22-15-35(3,4)16-29(22)42/h6-7,13-14,17,20-21,44H,8-12,15-16,18-19H2,1-5H3,(H,37,38)/t20?,21-/m0/s1. The number of aryl methyl sites for hydroxylation is 1. The number of aliphatic hydroxyl groups excluding tert-OH is 1. The van der Waals surface area contributed by atoms with Crippen molar-refractivity contribution in [1.29, 1.82) is 0 Å². The van der Waals surface area contributed by atoms with Crippen LogP contribution < -0.4 is 15.8 Å². The number of morpholine rings is 1. The van der Waals surface area contributed by atoms with Gasteiger partial charge in [0.1, 0.15) is 23.0 Å². The van der Waals surface area contributed by atoms with Crippen LogP contribution >= 0.6 is 0 Å². The van der Waals surface area contributed by atoms with E-state index in [1.807, 2.05) is 24.8 Å². The second-order valence-corrected chi connectivity index (χ2v) is 14.1. The Balaban J connectivity index is 1.17. The first-order valence-corrected chi connectivity index (χ1v) is 16.6. The van der Waals surface area contributed by atoms with Gasteiger partial charge in [-0.1, -0.05) is 20.8 Å². The van der Waals surface area contributed by atoms with Crippen LogP contribution in [0.25, 0.3) is 11.3 Å². The molecule has 3 aliphatic heterocycles. The lowest BCUT2D eigenvalue weighted by atomic mass is 9.90. The predicted molar refractivity (Wildman–Crippen MR) is 181 cm³/mol. The van der Waals surface area contributed by atoms with Crippen LogP contribution in [0.3, 0.4) is 0 Å². The zero-order chi connectivity index (χ0) is 33.9. The van der Waals surface area contributed by atoms with Gasteiger partial charge in [0.05, 0.1) is 31.6 Å². The summed E-state index contributed by atoms with van der Waals surface area (Å²) < 4.78 is 8.86. The first kappa shape index (κ1) is 32.0. The third kappa shape index (κ3) is 5.54. The summed E-state index contributed by atoms with van der Waals surface area (Å²) in [5.74, 6) is 0.595. The minimum absolute atomic E-state index is 0.00501. The lowest BCUT2D eigenvalue weighted by Crippen LogP contribution is -2.48. The molecule has 0 saturated carbocycles. The molecular formula is C35H42N8O5. The van der Waals surface area contributed by atoms with Crippen molar-refractivity contribution in [1.82, 2.24) is 24.2 Å². The number of hydrogen-bond donors (Lipinski definition) is 2. The summed E-state index contributed by atoms with van der Waals surface area (Å²) in [6.07, 6.45) is 5.53. The summed E-state index contributed by atoms with van der Waals surface area (Å²) in [6.45, 7) is 10.7. The van der Waals surface area contributed by atoms with Gasteiger partial charge in [-0.15, -0.1) is 0 Å². The number of aliphatic hydroxyl groups is 1. The number of carbonyl (C=O) groups excluding carboxylic acids is 2. The van der Waals surface area contributed by atoms with Crippen LogP contribution in [-0.4, -0.2) is 79.3 Å². The fourth-order valence-electron chi connectivity index (χ4n) is 7.46. The van der Waals surface area contributed by atoms with Crippen molar-refractivity contribution >= 4 is 29.2 Å². The number of rotatable bonds is 5. The Morgan fingerprint density at radius 2 is 1.96 bits per heavy atom. The summed E-state index contributed by atoms with van der Waals surface area (Å²) >= 11 is 0. The summed E-state index contributed by atoms with van der Waals surface area (Å²) in [7, 11) is 1.56. The van der Waals surface area contributed by atoms with Gasteiger partial charge in [-0.3, -0.25) is 19.3 Å². The zero-order valence-corrected chi connectivity index (χ0v) is 28.1. The summed E-state index contributed by atoms with van der Waals surface area (Å²) in [5, 5.41) is 18.3. The molecule has 2 atom stereocenters. The molecule has 13 heteroatoms. The Bertz CT molecular complexity index is 1940. The maximum atomic E-state index is 13.8. The number of aromatic nitrogens is 4. The van der Waals surface area contributed by atoms with Gasteiger partial charge in [-0.05, 0) is 55.4 Å². The van der Waals surface area contributed by atoms with Crippen molar-refractivity contribution in [2.75, 3.05) is 36.5 Å². The number of aliphatic imine (C=N–C) groups is 1. The first-order chi connectivity index (χ1) is 23.0. The van der Waals surface area contributed by atoms with E-state index in [-0.39, 0.29) is 47.0 Å². The molecule has 1 aliphatic carbocycles. The fraction of sp³-hybridized carbons (Fsp3) is 0.486. The molecule has 4 aliphatic rings. The van der Waals surface area contributed by atoms with E-state index in [0.717, 1.165) is 12.8 Å². The summed E-state index contributed by atoms with van der Waals surface area (Å²) in [4.78, 5) is 52.9. The molecule has 1 unspecified atom stereocenters. The molecule has 0 spiro atoms. The van der Waals surface area contributed by atoms with E-state index >= 15 is 0 Å². The topological polar surface area (TPSA) is 147 Å². The van der Waals surface area contributed by atoms with Crippen molar-refractivity contribution in [3.05, 3.63) is 69.0 Å². The highest BCUT2D eigenvalue weighted by atomic mass is 16.5.